The van der Waals surface area contributed by atoms with E-state index in [1.165, 1.54) is 0 Å². The summed E-state index contributed by atoms with van der Waals surface area (Å²) >= 11 is 0. The minimum atomic E-state index is -0.204. The fourth-order valence-electron chi connectivity index (χ4n) is 2.59. The maximum absolute atomic E-state index is 11.3. The zero-order valence-corrected chi connectivity index (χ0v) is 13.0. The van der Waals surface area contributed by atoms with Gasteiger partial charge in [0.05, 0.1) is 17.3 Å². The maximum atomic E-state index is 11.3. The number of fused-ring (bicyclic) bond motifs is 1. The van der Waals surface area contributed by atoms with Crippen molar-refractivity contribution in [2.24, 2.45) is 0 Å². The van der Waals surface area contributed by atoms with Gasteiger partial charge in [0.1, 0.15) is 17.3 Å². The Kier molecular flexibility index (Phi) is 3.38. The molecule has 0 saturated carbocycles. The van der Waals surface area contributed by atoms with E-state index in [0.29, 0.717) is 18.1 Å². The lowest BCUT2D eigenvalue weighted by atomic mass is 10.2. The summed E-state index contributed by atoms with van der Waals surface area (Å²) in [5.41, 5.74) is 3.15. The van der Waals surface area contributed by atoms with Crippen LogP contribution in [0.3, 0.4) is 0 Å². The van der Waals surface area contributed by atoms with Crippen LogP contribution in [0.2, 0.25) is 0 Å². The number of aromatic nitrogens is 4. The first kappa shape index (κ1) is 14.3. The molecule has 7 nitrogen and oxygen atoms in total. The third-order valence-corrected chi connectivity index (χ3v) is 3.67. The first-order valence-corrected chi connectivity index (χ1v) is 7.52. The fourth-order valence-corrected chi connectivity index (χ4v) is 2.59. The molecule has 0 aliphatic carbocycles. The molecular weight excluding hydrogens is 306 g/mol. The predicted octanol–water partition coefficient (Wildman–Crippen LogP) is 2.83. The summed E-state index contributed by atoms with van der Waals surface area (Å²) in [5.74, 6) is 2.09. The lowest BCUT2D eigenvalue weighted by molar-refractivity contribution is 0.579. The van der Waals surface area contributed by atoms with Gasteiger partial charge >= 0.3 is 5.69 Å². The van der Waals surface area contributed by atoms with E-state index in [9.17, 15) is 4.79 Å². The van der Waals surface area contributed by atoms with Gasteiger partial charge < -0.3 is 19.7 Å². The van der Waals surface area contributed by atoms with Gasteiger partial charge in [-0.15, -0.1) is 0 Å². The number of aryl methyl sites for hydroxylation is 1. The Morgan fingerprint density at radius 2 is 2.00 bits per heavy atom. The molecule has 4 aromatic rings. The molecule has 0 radical (unpaired) electrons. The van der Waals surface area contributed by atoms with Gasteiger partial charge in [-0.05, 0) is 36.8 Å². The van der Waals surface area contributed by atoms with Crippen molar-refractivity contribution >= 4 is 16.9 Å². The van der Waals surface area contributed by atoms with Crippen molar-refractivity contribution in [3.05, 3.63) is 64.5 Å². The van der Waals surface area contributed by atoms with Gasteiger partial charge in [0.15, 0.2) is 5.76 Å². The van der Waals surface area contributed by atoms with Crippen LogP contribution in [0, 0.1) is 6.92 Å². The van der Waals surface area contributed by atoms with Crippen molar-refractivity contribution in [2.45, 2.75) is 13.5 Å². The van der Waals surface area contributed by atoms with Crippen LogP contribution in [0.5, 0.6) is 0 Å². The Morgan fingerprint density at radius 3 is 2.83 bits per heavy atom. The average molecular weight is 321 g/mol. The molecule has 0 saturated heterocycles. The monoisotopic (exact) mass is 321 g/mol. The molecule has 0 atom stereocenters. The van der Waals surface area contributed by atoms with E-state index in [0.717, 1.165) is 28.1 Å². The van der Waals surface area contributed by atoms with Crippen LogP contribution in [0.4, 0.5) is 5.82 Å². The zero-order valence-electron chi connectivity index (χ0n) is 13.0. The molecule has 0 unspecified atom stereocenters. The number of furan rings is 1. The minimum Gasteiger partial charge on any atom is -0.463 e. The Morgan fingerprint density at radius 1 is 1.12 bits per heavy atom. The summed E-state index contributed by atoms with van der Waals surface area (Å²) in [6.45, 7) is 2.42. The SMILES string of the molecule is Cc1nc(NCc2ccc3[nH]c(=O)[nH]c3c2)cc(-c2ccco2)n1. The van der Waals surface area contributed by atoms with Crippen LogP contribution >= 0.6 is 0 Å². The van der Waals surface area contributed by atoms with Gasteiger partial charge in [-0.3, -0.25) is 0 Å². The second-order valence-corrected chi connectivity index (χ2v) is 5.48. The summed E-state index contributed by atoms with van der Waals surface area (Å²) in [7, 11) is 0. The Bertz CT molecular complexity index is 1050. The highest BCUT2D eigenvalue weighted by atomic mass is 16.3. The van der Waals surface area contributed by atoms with E-state index in [2.05, 4.69) is 25.3 Å². The average Bonchev–Trinajstić information content (AvgIpc) is 3.20. The summed E-state index contributed by atoms with van der Waals surface area (Å²) in [6, 6.07) is 11.3. The molecule has 0 spiro atoms. The van der Waals surface area contributed by atoms with E-state index in [4.69, 9.17) is 4.42 Å². The van der Waals surface area contributed by atoms with Crippen LogP contribution in [0.1, 0.15) is 11.4 Å². The molecule has 24 heavy (non-hydrogen) atoms. The number of rotatable bonds is 4. The summed E-state index contributed by atoms with van der Waals surface area (Å²) in [5, 5.41) is 3.28. The van der Waals surface area contributed by atoms with Crippen molar-refractivity contribution in [3.63, 3.8) is 0 Å². The highest BCUT2D eigenvalue weighted by molar-refractivity contribution is 5.75. The summed E-state index contributed by atoms with van der Waals surface area (Å²) < 4.78 is 5.39. The Labute approximate surface area is 136 Å². The number of imidazole rings is 1. The van der Waals surface area contributed by atoms with Crippen LogP contribution < -0.4 is 11.0 Å². The maximum Gasteiger partial charge on any atom is 0.323 e. The highest BCUT2D eigenvalue weighted by Gasteiger charge is 2.07. The second-order valence-electron chi connectivity index (χ2n) is 5.48. The molecule has 120 valence electrons. The molecule has 0 aliphatic heterocycles. The van der Waals surface area contributed by atoms with Gasteiger partial charge in [-0.1, -0.05) is 6.07 Å². The van der Waals surface area contributed by atoms with E-state index in [1.54, 1.807) is 6.26 Å². The quantitative estimate of drug-likeness (QED) is 0.537. The van der Waals surface area contributed by atoms with Crippen LogP contribution in [0.25, 0.3) is 22.5 Å². The van der Waals surface area contributed by atoms with E-state index in [-0.39, 0.29) is 5.69 Å². The standard InChI is InChI=1S/C17H15N5O2/c1-10-19-14(15-3-2-6-24-15)8-16(20-10)18-9-11-4-5-12-13(7-11)22-17(23)21-12/h2-8H,9H2,1H3,(H,18,19,20)(H2,21,22,23). The van der Waals surface area contributed by atoms with Gasteiger partial charge in [0, 0.05) is 12.6 Å². The van der Waals surface area contributed by atoms with Crippen molar-refractivity contribution in [1.29, 1.82) is 0 Å². The van der Waals surface area contributed by atoms with Crippen LogP contribution in [-0.4, -0.2) is 19.9 Å². The van der Waals surface area contributed by atoms with Gasteiger partial charge in [0.2, 0.25) is 0 Å². The number of H-pyrrole nitrogens is 2. The molecule has 3 N–H and O–H groups in total. The number of benzene rings is 1. The van der Waals surface area contributed by atoms with E-state index < -0.39 is 0 Å². The van der Waals surface area contributed by atoms with Crippen molar-refractivity contribution in [3.8, 4) is 11.5 Å². The third kappa shape index (κ3) is 2.79. The highest BCUT2D eigenvalue weighted by Crippen LogP contribution is 2.20. The van der Waals surface area contributed by atoms with Gasteiger partial charge in [-0.25, -0.2) is 14.8 Å². The van der Waals surface area contributed by atoms with E-state index >= 15 is 0 Å². The van der Waals surface area contributed by atoms with Gasteiger partial charge in [0.25, 0.3) is 0 Å². The number of anilines is 1. The molecule has 0 aliphatic rings. The fraction of sp³-hybridized carbons (Fsp3) is 0.118. The minimum absolute atomic E-state index is 0.204. The molecule has 4 rings (SSSR count). The largest absolute Gasteiger partial charge is 0.463 e. The molecule has 3 aromatic heterocycles. The lowest BCUT2D eigenvalue weighted by Crippen LogP contribution is -2.04. The number of hydrogen-bond acceptors (Lipinski definition) is 5. The van der Waals surface area contributed by atoms with Gasteiger partial charge in [-0.2, -0.15) is 0 Å². The third-order valence-electron chi connectivity index (χ3n) is 3.67. The number of nitrogens with one attached hydrogen (secondary N) is 3. The predicted molar refractivity (Wildman–Crippen MR) is 90.7 cm³/mol. The van der Waals surface area contributed by atoms with Crippen molar-refractivity contribution in [1.82, 2.24) is 19.9 Å². The van der Waals surface area contributed by atoms with Crippen molar-refractivity contribution < 1.29 is 4.42 Å². The van der Waals surface area contributed by atoms with Crippen molar-refractivity contribution in [2.75, 3.05) is 5.32 Å². The topological polar surface area (TPSA) is 99.6 Å². The number of nitrogens with zero attached hydrogens (tertiary/aromatic N) is 2. The summed E-state index contributed by atoms with van der Waals surface area (Å²) in [6.07, 6.45) is 1.62. The molecule has 0 bridgehead atoms. The Balaban J connectivity index is 1.57. The molecule has 0 fully saturated rings. The van der Waals surface area contributed by atoms with Crippen LogP contribution in [0.15, 0.2) is 51.9 Å². The lowest BCUT2D eigenvalue weighted by Gasteiger charge is -2.08. The molecular formula is C17H15N5O2. The first-order chi connectivity index (χ1) is 11.7. The summed E-state index contributed by atoms with van der Waals surface area (Å²) in [4.78, 5) is 25.6. The molecule has 3 heterocycles. The second kappa shape index (κ2) is 5.69. The Hall–Kier alpha value is -3.35. The van der Waals surface area contributed by atoms with E-state index in [1.807, 2.05) is 43.3 Å². The molecule has 1 aromatic carbocycles. The first-order valence-electron chi connectivity index (χ1n) is 7.52. The normalized spacial score (nSPS) is 11.0. The number of aromatic amines is 2. The smallest absolute Gasteiger partial charge is 0.323 e. The number of hydrogen-bond donors (Lipinski definition) is 3. The molecule has 0 amide bonds. The zero-order chi connectivity index (χ0) is 16.5. The molecule has 7 heteroatoms. The van der Waals surface area contributed by atoms with Crippen LogP contribution in [-0.2, 0) is 6.54 Å².